The quantitative estimate of drug-likeness (QED) is 0.743. The highest BCUT2D eigenvalue weighted by Gasteiger charge is 2.09. The minimum Gasteiger partial charge on any atom is -0.484 e. The van der Waals surface area contributed by atoms with E-state index in [0.29, 0.717) is 10.9 Å². The number of benzene rings is 2. The average molecular weight is 339 g/mol. The predicted molar refractivity (Wildman–Crippen MR) is 97.3 cm³/mol. The van der Waals surface area contributed by atoms with Crippen LogP contribution >= 0.6 is 11.3 Å². The van der Waals surface area contributed by atoms with Gasteiger partial charge >= 0.3 is 0 Å². The van der Waals surface area contributed by atoms with Crippen LogP contribution in [0.2, 0.25) is 0 Å². The second kappa shape index (κ2) is 7.14. The molecule has 0 radical (unpaired) electrons. The summed E-state index contributed by atoms with van der Waals surface area (Å²) in [7, 11) is 0. The van der Waals surface area contributed by atoms with Crippen molar-refractivity contribution in [3.63, 3.8) is 0 Å². The SMILES string of the molecule is Cc1sc(N)nc1-c1ccc(OCC(=O)Nc2ccccc2)cc1. The Morgan fingerprint density at radius 2 is 1.88 bits per heavy atom. The minimum absolute atomic E-state index is 0.0447. The molecule has 3 aromatic rings. The van der Waals surface area contributed by atoms with E-state index in [-0.39, 0.29) is 12.5 Å². The molecular weight excluding hydrogens is 322 g/mol. The Bertz CT molecular complexity index is 829. The van der Waals surface area contributed by atoms with Gasteiger partial charge < -0.3 is 15.8 Å². The summed E-state index contributed by atoms with van der Waals surface area (Å²) in [6.45, 7) is 1.94. The van der Waals surface area contributed by atoms with Gasteiger partial charge in [0, 0.05) is 16.1 Å². The Balaban J connectivity index is 1.58. The number of nitrogens with two attached hydrogens (primary N) is 1. The molecule has 1 amide bonds. The summed E-state index contributed by atoms with van der Waals surface area (Å²) in [6, 6.07) is 16.7. The number of carbonyl (C=O) groups is 1. The van der Waals surface area contributed by atoms with Gasteiger partial charge in [-0.05, 0) is 43.3 Å². The third-order valence-corrected chi connectivity index (χ3v) is 4.17. The van der Waals surface area contributed by atoms with Crippen LogP contribution in [0.25, 0.3) is 11.3 Å². The van der Waals surface area contributed by atoms with E-state index < -0.39 is 0 Å². The monoisotopic (exact) mass is 339 g/mol. The van der Waals surface area contributed by atoms with Gasteiger partial charge in [0.15, 0.2) is 11.7 Å². The third kappa shape index (κ3) is 3.91. The van der Waals surface area contributed by atoms with Gasteiger partial charge in [-0.3, -0.25) is 4.79 Å². The van der Waals surface area contributed by atoms with Crippen LogP contribution in [0.15, 0.2) is 54.6 Å². The first kappa shape index (κ1) is 16.0. The highest BCUT2D eigenvalue weighted by Crippen LogP contribution is 2.29. The van der Waals surface area contributed by atoms with E-state index in [1.165, 1.54) is 11.3 Å². The van der Waals surface area contributed by atoms with Crippen molar-refractivity contribution in [2.75, 3.05) is 17.7 Å². The fourth-order valence-corrected chi connectivity index (χ4v) is 2.97. The van der Waals surface area contributed by atoms with Gasteiger partial charge in [-0.2, -0.15) is 0 Å². The molecule has 122 valence electrons. The Kier molecular flexibility index (Phi) is 4.77. The van der Waals surface area contributed by atoms with Crippen molar-refractivity contribution in [3.8, 4) is 17.0 Å². The topological polar surface area (TPSA) is 77.2 Å². The average Bonchev–Trinajstić information content (AvgIpc) is 2.93. The Hall–Kier alpha value is -2.86. The summed E-state index contributed by atoms with van der Waals surface area (Å²) in [4.78, 5) is 17.3. The molecule has 0 saturated carbocycles. The van der Waals surface area contributed by atoms with E-state index >= 15 is 0 Å². The third-order valence-electron chi connectivity index (χ3n) is 3.37. The number of nitrogens with one attached hydrogen (secondary N) is 1. The van der Waals surface area contributed by atoms with Crippen molar-refractivity contribution in [2.45, 2.75) is 6.92 Å². The summed E-state index contributed by atoms with van der Waals surface area (Å²) in [5.41, 5.74) is 8.33. The Morgan fingerprint density at radius 1 is 1.17 bits per heavy atom. The Labute approximate surface area is 144 Å². The fourth-order valence-electron chi connectivity index (χ4n) is 2.26. The molecule has 0 aliphatic rings. The maximum absolute atomic E-state index is 11.9. The van der Waals surface area contributed by atoms with Crippen molar-refractivity contribution in [1.29, 1.82) is 0 Å². The molecule has 1 aromatic heterocycles. The lowest BCUT2D eigenvalue weighted by Crippen LogP contribution is -2.20. The largest absolute Gasteiger partial charge is 0.484 e. The number of aromatic nitrogens is 1. The number of hydrogen-bond acceptors (Lipinski definition) is 5. The molecular formula is C18H17N3O2S. The molecule has 0 unspecified atom stereocenters. The molecule has 5 nitrogen and oxygen atoms in total. The number of hydrogen-bond donors (Lipinski definition) is 2. The van der Waals surface area contributed by atoms with E-state index in [2.05, 4.69) is 10.3 Å². The number of nitrogen functional groups attached to an aromatic ring is 1. The molecule has 0 fully saturated rings. The summed E-state index contributed by atoms with van der Waals surface area (Å²) in [6.07, 6.45) is 0. The number of rotatable bonds is 5. The summed E-state index contributed by atoms with van der Waals surface area (Å²) < 4.78 is 5.51. The van der Waals surface area contributed by atoms with Crippen LogP contribution in [-0.2, 0) is 4.79 Å². The van der Waals surface area contributed by atoms with Gasteiger partial charge in [-0.15, -0.1) is 11.3 Å². The van der Waals surface area contributed by atoms with Crippen LogP contribution in [0.1, 0.15) is 4.88 Å². The lowest BCUT2D eigenvalue weighted by atomic mass is 10.1. The lowest BCUT2D eigenvalue weighted by molar-refractivity contribution is -0.118. The number of anilines is 2. The normalized spacial score (nSPS) is 10.4. The smallest absolute Gasteiger partial charge is 0.262 e. The predicted octanol–water partition coefficient (Wildman–Crippen LogP) is 3.72. The number of amides is 1. The summed E-state index contributed by atoms with van der Waals surface area (Å²) >= 11 is 1.47. The van der Waals surface area contributed by atoms with Crippen molar-refractivity contribution in [3.05, 3.63) is 59.5 Å². The standard InChI is InChI=1S/C18H17N3O2S/c1-12-17(21-18(19)24-12)13-7-9-15(10-8-13)23-11-16(22)20-14-5-3-2-4-6-14/h2-10H,11H2,1H3,(H2,19,21)(H,20,22). The molecule has 0 atom stereocenters. The molecule has 6 heteroatoms. The van der Waals surface area contributed by atoms with E-state index in [1.54, 1.807) is 0 Å². The number of thiazole rings is 1. The zero-order chi connectivity index (χ0) is 16.9. The zero-order valence-electron chi connectivity index (χ0n) is 13.2. The molecule has 3 N–H and O–H groups in total. The number of para-hydroxylation sites is 1. The first-order valence-electron chi connectivity index (χ1n) is 7.43. The van der Waals surface area contributed by atoms with E-state index in [9.17, 15) is 4.79 Å². The number of ether oxygens (including phenoxy) is 1. The van der Waals surface area contributed by atoms with Crippen LogP contribution in [0, 0.1) is 6.92 Å². The Morgan fingerprint density at radius 3 is 2.50 bits per heavy atom. The molecule has 1 heterocycles. The minimum atomic E-state index is -0.201. The number of carbonyl (C=O) groups excluding carboxylic acids is 1. The second-order valence-corrected chi connectivity index (χ2v) is 6.42. The molecule has 0 bridgehead atoms. The van der Waals surface area contributed by atoms with Gasteiger partial charge in [0.05, 0.1) is 5.69 Å². The summed E-state index contributed by atoms with van der Waals surface area (Å²) in [5.74, 6) is 0.427. The van der Waals surface area contributed by atoms with E-state index in [4.69, 9.17) is 10.5 Å². The van der Waals surface area contributed by atoms with Crippen molar-refractivity contribution in [1.82, 2.24) is 4.98 Å². The van der Waals surface area contributed by atoms with Gasteiger partial charge in [0.1, 0.15) is 5.75 Å². The maximum Gasteiger partial charge on any atom is 0.262 e. The molecule has 0 spiro atoms. The summed E-state index contributed by atoms with van der Waals surface area (Å²) in [5, 5.41) is 3.33. The second-order valence-electron chi connectivity index (χ2n) is 5.18. The van der Waals surface area contributed by atoms with Crippen molar-refractivity contribution in [2.24, 2.45) is 0 Å². The molecule has 0 saturated heterocycles. The highest BCUT2D eigenvalue weighted by molar-refractivity contribution is 7.15. The first-order valence-corrected chi connectivity index (χ1v) is 8.24. The zero-order valence-corrected chi connectivity index (χ0v) is 14.0. The molecule has 24 heavy (non-hydrogen) atoms. The van der Waals surface area contributed by atoms with Gasteiger partial charge in [-0.25, -0.2) is 4.98 Å². The number of nitrogens with zero attached hydrogens (tertiary/aromatic N) is 1. The number of aryl methyl sites for hydroxylation is 1. The molecule has 2 aromatic carbocycles. The van der Waals surface area contributed by atoms with Crippen LogP contribution in [-0.4, -0.2) is 17.5 Å². The molecule has 3 rings (SSSR count). The van der Waals surface area contributed by atoms with Crippen LogP contribution in [0.4, 0.5) is 10.8 Å². The van der Waals surface area contributed by atoms with E-state index in [0.717, 1.165) is 21.8 Å². The molecule has 0 aliphatic carbocycles. The van der Waals surface area contributed by atoms with Crippen LogP contribution < -0.4 is 15.8 Å². The van der Waals surface area contributed by atoms with Gasteiger partial charge in [0.25, 0.3) is 5.91 Å². The fraction of sp³-hybridized carbons (Fsp3) is 0.111. The van der Waals surface area contributed by atoms with Gasteiger partial charge in [-0.1, -0.05) is 18.2 Å². The van der Waals surface area contributed by atoms with Crippen molar-refractivity contribution >= 4 is 28.1 Å². The van der Waals surface area contributed by atoms with Crippen molar-refractivity contribution < 1.29 is 9.53 Å². The van der Waals surface area contributed by atoms with Crippen LogP contribution in [0.3, 0.4) is 0 Å². The highest BCUT2D eigenvalue weighted by atomic mass is 32.1. The maximum atomic E-state index is 11.9. The van der Waals surface area contributed by atoms with Crippen LogP contribution in [0.5, 0.6) is 5.75 Å². The lowest BCUT2D eigenvalue weighted by Gasteiger charge is -2.08. The first-order chi connectivity index (χ1) is 11.6. The molecule has 0 aliphatic heterocycles. The van der Waals surface area contributed by atoms with E-state index in [1.807, 2.05) is 61.5 Å². The van der Waals surface area contributed by atoms with Gasteiger partial charge in [0.2, 0.25) is 0 Å².